The van der Waals surface area contributed by atoms with Crippen molar-refractivity contribution in [2.24, 2.45) is 57.2 Å². The summed E-state index contributed by atoms with van der Waals surface area (Å²) in [5.74, 6) is 3.78. The van der Waals surface area contributed by atoms with E-state index in [1.165, 1.54) is 56.8 Å². The molecule has 0 aromatic heterocycles. The highest BCUT2D eigenvalue weighted by Gasteiger charge is 2.70. The van der Waals surface area contributed by atoms with Crippen LogP contribution in [0.15, 0.2) is 30.3 Å². The average Bonchev–Trinajstić information content (AvgIpc) is 3.36. The largest absolute Gasteiger partial charge is 0.465 e. The summed E-state index contributed by atoms with van der Waals surface area (Å²) in [6.45, 7) is 17.9. The number of ether oxygens (including phenoxy) is 1. The van der Waals surface area contributed by atoms with E-state index in [2.05, 4.69) is 87.9 Å². The van der Waals surface area contributed by atoms with E-state index in [0.29, 0.717) is 51.8 Å². The molecule has 0 spiro atoms. The van der Waals surface area contributed by atoms with Crippen molar-refractivity contribution in [3.05, 3.63) is 41.5 Å². The van der Waals surface area contributed by atoms with Crippen LogP contribution in [0.4, 0.5) is 0 Å². The van der Waals surface area contributed by atoms with Crippen molar-refractivity contribution in [3.63, 3.8) is 0 Å². The zero-order chi connectivity index (χ0) is 31.9. The Bertz CT molecular complexity index is 1330. The van der Waals surface area contributed by atoms with Crippen LogP contribution < -0.4 is 5.32 Å². The normalized spacial score (nSPS) is 42.3. The van der Waals surface area contributed by atoms with E-state index < -0.39 is 0 Å². The van der Waals surface area contributed by atoms with E-state index in [1.807, 2.05) is 12.1 Å². The number of methoxy groups -OCH3 is 1. The fourth-order valence-electron chi connectivity index (χ4n) is 12.9. The molecule has 5 aliphatic rings. The van der Waals surface area contributed by atoms with Gasteiger partial charge in [-0.25, -0.2) is 4.79 Å². The smallest absolute Gasteiger partial charge is 0.337 e. The van der Waals surface area contributed by atoms with Crippen molar-refractivity contribution in [1.29, 1.82) is 0 Å². The Labute approximate surface area is 275 Å². The molecule has 44 heavy (non-hydrogen) atoms. The van der Waals surface area contributed by atoms with Gasteiger partial charge in [-0.05, 0) is 138 Å². The quantitative estimate of drug-likeness (QED) is 0.252. The molecule has 4 nitrogen and oxygen atoms in total. The van der Waals surface area contributed by atoms with Gasteiger partial charge in [0.15, 0.2) is 0 Å². The molecule has 5 aliphatic carbocycles. The van der Waals surface area contributed by atoms with Crippen molar-refractivity contribution in [1.82, 2.24) is 5.32 Å². The van der Waals surface area contributed by atoms with Crippen molar-refractivity contribution < 1.29 is 14.3 Å². The van der Waals surface area contributed by atoms with Gasteiger partial charge in [-0.15, -0.1) is 0 Å². The van der Waals surface area contributed by atoms with Gasteiger partial charge in [0, 0.05) is 5.54 Å². The number of amides is 1. The van der Waals surface area contributed by atoms with Crippen LogP contribution in [0, 0.1) is 57.2 Å². The zero-order valence-electron chi connectivity index (χ0n) is 28.5. The molecule has 242 valence electrons. The fourth-order valence-corrected chi connectivity index (χ4v) is 13.1. The van der Waals surface area contributed by atoms with Crippen LogP contribution >= 0.6 is 15.9 Å². The summed E-state index contributed by atoms with van der Waals surface area (Å²) in [6.07, 6.45) is 13.6. The molecule has 0 heterocycles. The first kappa shape index (κ1) is 32.3. The number of benzene rings is 1. The molecule has 0 saturated heterocycles. The first-order chi connectivity index (χ1) is 20.7. The van der Waals surface area contributed by atoms with E-state index >= 15 is 0 Å². The van der Waals surface area contributed by atoms with Gasteiger partial charge in [0.2, 0.25) is 5.91 Å². The van der Waals surface area contributed by atoms with Crippen molar-refractivity contribution in [2.45, 2.75) is 112 Å². The summed E-state index contributed by atoms with van der Waals surface area (Å²) < 4.78 is 4.95. The molecule has 5 heteroatoms. The molecule has 6 rings (SSSR count). The SMILES string of the molecule is COC(=O)c1ccc(C2=CC[C@@]3(C)C(CC[C@]4(C)C3CC[C@@H]3C5[C@H](C(C)C)CC[C@]5(NC(=O)CBr)CC[C@]34C)C2(C)C)cc1. The van der Waals surface area contributed by atoms with Gasteiger partial charge in [-0.1, -0.05) is 82.6 Å². The molecule has 1 aromatic carbocycles. The highest BCUT2D eigenvalue weighted by Crippen LogP contribution is 2.76. The minimum Gasteiger partial charge on any atom is -0.465 e. The van der Waals surface area contributed by atoms with Gasteiger partial charge in [0.05, 0.1) is 18.0 Å². The lowest BCUT2D eigenvalue weighted by Gasteiger charge is -2.72. The summed E-state index contributed by atoms with van der Waals surface area (Å²) >= 11 is 3.46. The van der Waals surface area contributed by atoms with Crippen molar-refractivity contribution in [3.8, 4) is 0 Å². The maximum Gasteiger partial charge on any atom is 0.337 e. The first-order valence-corrected chi connectivity index (χ1v) is 18.6. The predicted molar refractivity (Wildman–Crippen MR) is 182 cm³/mol. The Morgan fingerprint density at radius 3 is 2.25 bits per heavy atom. The molecule has 1 aromatic rings. The number of alkyl halides is 1. The summed E-state index contributed by atoms with van der Waals surface area (Å²) in [4.78, 5) is 25.0. The second-order valence-electron chi connectivity index (χ2n) is 17.1. The summed E-state index contributed by atoms with van der Waals surface area (Å²) in [6, 6.07) is 8.08. The third-order valence-electron chi connectivity index (χ3n) is 15.0. The summed E-state index contributed by atoms with van der Waals surface area (Å²) in [7, 11) is 1.44. The molecule has 4 saturated carbocycles. The van der Waals surface area contributed by atoms with E-state index in [4.69, 9.17) is 4.74 Å². The van der Waals surface area contributed by atoms with E-state index in [-0.39, 0.29) is 33.7 Å². The number of fused-ring (bicyclic) bond motifs is 7. The van der Waals surface area contributed by atoms with Gasteiger partial charge in [0.25, 0.3) is 0 Å². The second-order valence-corrected chi connectivity index (χ2v) is 17.7. The average molecular weight is 667 g/mol. The number of nitrogens with one attached hydrogen (secondary N) is 1. The zero-order valence-corrected chi connectivity index (χ0v) is 30.1. The fraction of sp³-hybridized carbons (Fsp3) is 0.744. The Morgan fingerprint density at radius 2 is 1.61 bits per heavy atom. The molecule has 1 N–H and O–H groups in total. The Balaban J connectivity index is 1.34. The molecule has 9 atom stereocenters. The highest BCUT2D eigenvalue weighted by molar-refractivity contribution is 9.09. The Morgan fingerprint density at radius 1 is 0.909 bits per heavy atom. The molecule has 0 bridgehead atoms. The minimum atomic E-state index is -0.278. The number of hydrogen-bond acceptors (Lipinski definition) is 3. The molecule has 0 radical (unpaired) electrons. The molecule has 4 fully saturated rings. The molecule has 0 aliphatic heterocycles. The van der Waals surface area contributed by atoms with Crippen molar-refractivity contribution in [2.75, 3.05) is 12.4 Å². The predicted octanol–water partition coefficient (Wildman–Crippen LogP) is 9.47. The number of allylic oxidation sites excluding steroid dienone is 2. The summed E-state index contributed by atoms with van der Waals surface area (Å²) in [5, 5.41) is 4.04. The van der Waals surface area contributed by atoms with Crippen LogP contribution in [0.3, 0.4) is 0 Å². The van der Waals surface area contributed by atoms with E-state index in [1.54, 1.807) is 0 Å². The van der Waals surface area contributed by atoms with Crippen LogP contribution in [-0.2, 0) is 9.53 Å². The van der Waals surface area contributed by atoms with E-state index in [0.717, 1.165) is 19.3 Å². The molecule has 3 unspecified atom stereocenters. The third-order valence-corrected chi connectivity index (χ3v) is 15.6. The van der Waals surface area contributed by atoms with Crippen LogP contribution in [0.5, 0.6) is 0 Å². The third kappa shape index (κ3) is 4.47. The number of carbonyl (C=O) groups is 2. The summed E-state index contributed by atoms with van der Waals surface area (Å²) in [5.41, 5.74) is 4.15. The Kier molecular flexibility index (Phi) is 8.07. The number of rotatable bonds is 5. The van der Waals surface area contributed by atoms with Gasteiger partial charge in [0.1, 0.15) is 0 Å². The Hall–Kier alpha value is -1.62. The van der Waals surface area contributed by atoms with Gasteiger partial charge in [-0.3, -0.25) is 4.79 Å². The number of esters is 1. The lowest BCUT2D eigenvalue weighted by Crippen LogP contribution is -2.68. The molecular weight excluding hydrogens is 610 g/mol. The number of halogens is 1. The van der Waals surface area contributed by atoms with Gasteiger partial charge < -0.3 is 10.1 Å². The topological polar surface area (TPSA) is 55.4 Å². The van der Waals surface area contributed by atoms with Gasteiger partial charge >= 0.3 is 5.97 Å². The molecule has 1 amide bonds. The minimum absolute atomic E-state index is 0.0256. The van der Waals surface area contributed by atoms with Crippen LogP contribution in [0.2, 0.25) is 0 Å². The molecular formula is C39H56BrNO3. The lowest BCUT2D eigenvalue weighted by atomic mass is 9.33. The first-order valence-electron chi connectivity index (χ1n) is 17.4. The monoisotopic (exact) mass is 665 g/mol. The van der Waals surface area contributed by atoms with Gasteiger partial charge in [-0.2, -0.15) is 0 Å². The second kappa shape index (κ2) is 11.0. The maximum absolute atomic E-state index is 12.9. The van der Waals surface area contributed by atoms with Crippen LogP contribution in [0.1, 0.15) is 122 Å². The maximum atomic E-state index is 12.9. The van der Waals surface area contributed by atoms with Crippen LogP contribution in [0.25, 0.3) is 5.57 Å². The number of hydrogen-bond donors (Lipinski definition) is 1. The highest BCUT2D eigenvalue weighted by atomic mass is 79.9. The standard InChI is InChI=1S/C39H56BrNO3/c1-24(2)27-15-20-39(41-32(42)23-40)22-21-37(6)29(33(27)39)13-14-31-36(5)18-16-28(25-9-11-26(12-10-25)34(43)44-8)35(3,4)30(36)17-19-38(31,37)7/h9-12,16,24,27,29-31,33H,13-15,17-23H2,1-8H3,(H,41,42)/t27-,29+,30?,31?,33?,36-,37+,38+,39-/m0/s1. The number of carbonyl (C=O) groups excluding carboxylic acids is 2. The van der Waals surface area contributed by atoms with E-state index in [9.17, 15) is 9.59 Å². The lowest BCUT2D eigenvalue weighted by molar-refractivity contribution is -0.221. The van der Waals surface area contributed by atoms with Crippen LogP contribution in [-0.4, -0.2) is 29.9 Å². The van der Waals surface area contributed by atoms with Crippen molar-refractivity contribution >= 4 is 33.4 Å².